The highest BCUT2D eigenvalue weighted by molar-refractivity contribution is 5.79. The van der Waals surface area contributed by atoms with Gasteiger partial charge in [-0.3, -0.25) is 9.69 Å². The standard InChI is InChI=1S/C27H34N6O2/c1-4-19-11-12-24-20(14-19)15-21(27(34)28-24)16-32(22-8-5-6-9-22)25(18(2)3)26-29-30-31-33(26)17-23-10-7-13-35-23/h7,10-15,18,22,25H,4-6,8-9,16-17H2,1-3H3,(H,28,34)/t25-/m0/s1. The van der Waals surface area contributed by atoms with Crippen LogP contribution in [-0.4, -0.2) is 36.1 Å². The molecule has 5 rings (SSSR count). The van der Waals surface area contributed by atoms with E-state index in [4.69, 9.17) is 4.42 Å². The Bertz CT molecular complexity index is 1320. The van der Waals surface area contributed by atoms with Crippen molar-refractivity contribution in [1.29, 1.82) is 0 Å². The van der Waals surface area contributed by atoms with Gasteiger partial charge in [0, 0.05) is 23.7 Å². The fraction of sp³-hybridized carbons (Fsp3) is 0.481. The number of furan rings is 1. The number of benzene rings is 1. The van der Waals surface area contributed by atoms with Crippen LogP contribution in [-0.2, 0) is 19.5 Å². The van der Waals surface area contributed by atoms with Crippen LogP contribution in [0.3, 0.4) is 0 Å². The summed E-state index contributed by atoms with van der Waals surface area (Å²) in [6.07, 6.45) is 7.28. The summed E-state index contributed by atoms with van der Waals surface area (Å²) in [5.74, 6) is 1.88. The van der Waals surface area contributed by atoms with Crippen LogP contribution in [0.5, 0.6) is 0 Å². The maximum atomic E-state index is 13.2. The highest BCUT2D eigenvalue weighted by Crippen LogP contribution is 2.36. The quantitative estimate of drug-likeness (QED) is 0.372. The minimum atomic E-state index is -0.0277. The Morgan fingerprint density at radius 1 is 1.20 bits per heavy atom. The van der Waals surface area contributed by atoms with E-state index in [2.05, 4.69) is 64.4 Å². The largest absolute Gasteiger partial charge is 0.467 e. The van der Waals surface area contributed by atoms with Crippen molar-refractivity contribution in [1.82, 2.24) is 30.1 Å². The molecule has 0 saturated heterocycles. The van der Waals surface area contributed by atoms with Crippen molar-refractivity contribution in [2.75, 3.05) is 0 Å². The summed E-state index contributed by atoms with van der Waals surface area (Å²) in [5.41, 5.74) is 2.90. The first kappa shape index (κ1) is 23.5. The molecule has 1 aliphatic carbocycles. The van der Waals surface area contributed by atoms with Crippen LogP contribution in [0.1, 0.15) is 75.2 Å². The first-order valence-corrected chi connectivity index (χ1v) is 12.7. The summed E-state index contributed by atoms with van der Waals surface area (Å²) in [7, 11) is 0. The van der Waals surface area contributed by atoms with E-state index in [1.54, 1.807) is 6.26 Å². The van der Waals surface area contributed by atoms with Gasteiger partial charge in [-0.15, -0.1) is 5.10 Å². The molecule has 8 nitrogen and oxygen atoms in total. The van der Waals surface area contributed by atoms with Crippen LogP contribution < -0.4 is 5.56 Å². The zero-order valence-electron chi connectivity index (χ0n) is 20.8. The summed E-state index contributed by atoms with van der Waals surface area (Å²) in [4.78, 5) is 18.7. The van der Waals surface area contributed by atoms with Gasteiger partial charge in [0.2, 0.25) is 0 Å². The maximum Gasteiger partial charge on any atom is 0.252 e. The molecule has 3 heterocycles. The SMILES string of the molecule is CCc1ccc2[nH]c(=O)c(CN(C3CCCC3)[C@H](c3nnnn3Cc3ccco3)C(C)C)cc2c1. The van der Waals surface area contributed by atoms with Crippen molar-refractivity contribution in [3.63, 3.8) is 0 Å². The maximum absolute atomic E-state index is 13.2. The van der Waals surface area contributed by atoms with E-state index in [0.29, 0.717) is 19.1 Å². The number of rotatable bonds is 9. The van der Waals surface area contributed by atoms with Gasteiger partial charge in [0.15, 0.2) is 5.82 Å². The van der Waals surface area contributed by atoms with Gasteiger partial charge < -0.3 is 9.40 Å². The normalized spacial score (nSPS) is 15.6. The van der Waals surface area contributed by atoms with Crippen LogP contribution in [0.25, 0.3) is 10.9 Å². The summed E-state index contributed by atoms with van der Waals surface area (Å²) < 4.78 is 7.39. The van der Waals surface area contributed by atoms with Crippen molar-refractivity contribution >= 4 is 10.9 Å². The summed E-state index contributed by atoms with van der Waals surface area (Å²) in [6, 6.07) is 12.5. The van der Waals surface area contributed by atoms with Crippen molar-refractivity contribution in [3.8, 4) is 0 Å². The topological polar surface area (TPSA) is 92.8 Å². The Hall–Kier alpha value is -3.26. The number of fused-ring (bicyclic) bond motifs is 1. The number of hydrogen-bond acceptors (Lipinski definition) is 6. The van der Waals surface area contributed by atoms with Gasteiger partial charge in [0.25, 0.3) is 5.56 Å². The van der Waals surface area contributed by atoms with Gasteiger partial charge in [-0.05, 0) is 76.9 Å². The van der Waals surface area contributed by atoms with Crippen LogP contribution in [0.4, 0.5) is 0 Å². The Morgan fingerprint density at radius 3 is 2.74 bits per heavy atom. The van der Waals surface area contributed by atoms with Crippen LogP contribution in [0, 0.1) is 5.92 Å². The highest BCUT2D eigenvalue weighted by atomic mass is 16.3. The third-order valence-corrected chi connectivity index (χ3v) is 7.24. The van der Waals surface area contributed by atoms with E-state index < -0.39 is 0 Å². The third-order valence-electron chi connectivity index (χ3n) is 7.24. The van der Waals surface area contributed by atoms with E-state index in [9.17, 15) is 4.79 Å². The molecule has 0 bridgehead atoms. The molecule has 0 unspecified atom stereocenters. The Kier molecular flexibility index (Phi) is 6.81. The minimum Gasteiger partial charge on any atom is -0.467 e. The number of aryl methyl sites for hydroxylation is 1. The molecule has 184 valence electrons. The zero-order chi connectivity index (χ0) is 24.4. The Balaban J connectivity index is 1.53. The number of nitrogens with one attached hydrogen (secondary N) is 1. The molecule has 0 spiro atoms. The Labute approximate surface area is 205 Å². The van der Waals surface area contributed by atoms with E-state index in [0.717, 1.165) is 47.3 Å². The number of aromatic amines is 1. The van der Waals surface area contributed by atoms with Gasteiger partial charge >= 0.3 is 0 Å². The van der Waals surface area contributed by atoms with Gasteiger partial charge in [0.1, 0.15) is 12.3 Å². The molecule has 1 aromatic carbocycles. The van der Waals surface area contributed by atoms with Crippen LogP contribution in [0.15, 0.2) is 51.9 Å². The van der Waals surface area contributed by atoms with Crippen molar-refractivity contribution in [2.45, 2.75) is 78.0 Å². The average Bonchev–Trinajstić information content (AvgIpc) is 3.63. The molecule has 35 heavy (non-hydrogen) atoms. The van der Waals surface area contributed by atoms with E-state index in [-0.39, 0.29) is 17.5 Å². The predicted octanol–water partition coefficient (Wildman–Crippen LogP) is 4.86. The van der Waals surface area contributed by atoms with Gasteiger partial charge in [-0.25, -0.2) is 4.68 Å². The minimum absolute atomic E-state index is 0.0255. The second-order valence-corrected chi connectivity index (χ2v) is 9.97. The number of nitrogens with zero attached hydrogens (tertiary/aromatic N) is 5. The van der Waals surface area contributed by atoms with E-state index >= 15 is 0 Å². The molecule has 8 heteroatoms. The molecular formula is C27H34N6O2. The fourth-order valence-electron chi connectivity index (χ4n) is 5.44. The molecule has 0 radical (unpaired) electrons. The molecule has 1 saturated carbocycles. The average molecular weight is 475 g/mol. The summed E-state index contributed by atoms with van der Waals surface area (Å²) in [6.45, 7) is 7.60. The molecule has 1 N–H and O–H groups in total. The Morgan fingerprint density at radius 2 is 2.03 bits per heavy atom. The predicted molar refractivity (Wildman–Crippen MR) is 135 cm³/mol. The monoisotopic (exact) mass is 474 g/mol. The molecule has 1 atom stereocenters. The lowest BCUT2D eigenvalue weighted by molar-refractivity contribution is 0.0842. The third kappa shape index (κ3) is 4.93. The second-order valence-electron chi connectivity index (χ2n) is 9.97. The number of pyridine rings is 1. The molecule has 1 aliphatic rings. The summed E-state index contributed by atoms with van der Waals surface area (Å²) >= 11 is 0. The molecule has 0 aliphatic heterocycles. The highest BCUT2D eigenvalue weighted by Gasteiger charge is 2.35. The molecular weight excluding hydrogens is 440 g/mol. The lowest BCUT2D eigenvalue weighted by atomic mass is 9.97. The van der Waals surface area contributed by atoms with E-state index in [1.807, 2.05) is 22.9 Å². The zero-order valence-corrected chi connectivity index (χ0v) is 20.8. The van der Waals surface area contributed by atoms with Gasteiger partial charge in [0.05, 0.1) is 12.3 Å². The number of aromatic nitrogens is 5. The second kappa shape index (κ2) is 10.2. The fourth-order valence-corrected chi connectivity index (χ4v) is 5.44. The van der Waals surface area contributed by atoms with Gasteiger partial charge in [-0.1, -0.05) is 39.7 Å². The van der Waals surface area contributed by atoms with Crippen LogP contribution in [0.2, 0.25) is 0 Å². The molecule has 4 aromatic rings. The molecule has 0 amide bonds. The molecule has 1 fully saturated rings. The first-order valence-electron chi connectivity index (χ1n) is 12.7. The molecule has 3 aromatic heterocycles. The van der Waals surface area contributed by atoms with Crippen molar-refractivity contribution in [2.24, 2.45) is 5.92 Å². The smallest absolute Gasteiger partial charge is 0.252 e. The number of hydrogen-bond donors (Lipinski definition) is 1. The number of H-pyrrole nitrogens is 1. The first-order chi connectivity index (χ1) is 17.0. The van der Waals surface area contributed by atoms with Crippen molar-refractivity contribution < 1.29 is 4.42 Å². The van der Waals surface area contributed by atoms with Crippen molar-refractivity contribution in [3.05, 3.63) is 75.7 Å². The van der Waals surface area contributed by atoms with Crippen LogP contribution >= 0.6 is 0 Å². The van der Waals surface area contributed by atoms with Gasteiger partial charge in [-0.2, -0.15) is 0 Å². The van der Waals surface area contributed by atoms with E-state index in [1.165, 1.54) is 18.4 Å². The summed E-state index contributed by atoms with van der Waals surface area (Å²) in [5, 5.41) is 13.9. The number of tetrazole rings is 1. The lowest BCUT2D eigenvalue weighted by Crippen LogP contribution is -2.41. The lowest BCUT2D eigenvalue weighted by Gasteiger charge is -2.37.